The maximum absolute atomic E-state index is 3.17. The highest BCUT2D eigenvalue weighted by molar-refractivity contribution is 4.47. The SMILES string of the molecule is CC.CCCCCCCCCC.CCCCCCCCCCCC.CCCCCCCCCNC. The lowest BCUT2D eigenvalue weighted by molar-refractivity contribution is 0.562. The molecule has 0 aliphatic heterocycles. The third kappa shape index (κ3) is 60.4. The fourth-order valence-electron chi connectivity index (χ4n) is 4.03. The quantitative estimate of drug-likeness (QED) is 0.130. The highest BCUT2D eigenvalue weighted by Crippen LogP contribution is 2.10. The molecule has 0 bridgehead atoms. The molecule has 0 aromatic heterocycles. The molecule has 0 aromatic carbocycles. The molecule has 0 atom stereocenters. The van der Waals surface area contributed by atoms with Crippen molar-refractivity contribution in [1.82, 2.24) is 5.32 Å². The average Bonchev–Trinajstić information content (AvgIpc) is 2.89. The van der Waals surface area contributed by atoms with Crippen LogP contribution in [0.15, 0.2) is 0 Å². The molecule has 0 radical (unpaired) electrons. The zero-order valence-corrected chi connectivity index (χ0v) is 26.9. The standard InChI is InChI=1S/C12H26.C10H23N.C10H22.C2H6/c1-3-5-7-9-11-12-10-8-6-4-2;1-3-4-5-6-7-8-9-10-11-2;1-3-5-7-9-10-8-6-4-2;1-2/h3-12H2,1-2H3;11H,3-10H2,1-2H3;3-10H2,1-2H3;1-2H3. The minimum absolute atomic E-state index is 1.19. The first kappa shape index (κ1) is 42.1. The summed E-state index contributed by atoms with van der Waals surface area (Å²) in [5, 5.41) is 3.17. The van der Waals surface area contributed by atoms with Crippen molar-refractivity contribution in [2.45, 2.75) is 209 Å². The third-order valence-electron chi connectivity index (χ3n) is 6.44. The molecule has 218 valence electrons. The molecular formula is C34H77N. The maximum atomic E-state index is 3.17. The molecule has 0 fully saturated rings. The number of rotatable bonds is 24. The first-order chi connectivity index (χ1) is 17.2. The summed E-state index contributed by atoms with van der Waals surface area (Å²) in [4.78, 5) is 0. The zero-order valence-electron chi connectivity index (χ0n) is 26.9. The van der Waals surface area contributed by atoms with Gasteiger partial charge in [0.05, 0.1) is 0 Å². The van der Waals surface area contributed by atoms with Gasteiger partial charge in [-0.3, -0.25) is 0 Å². The number of unbranched alkanes of at least 4 members (excludes halogenated alkanes) is 22. The van der Waals surface area contributed by atoms with Crippen LogP contribution in [0, 0.1) is 0 Å². The normalized spacial score (nSPS) is 9.94. The summed E-state index contributed by atoms with van der Waals surface area (Å²) in [5.74, 6) is 0. The largest absolute Gasteiger partial charge is 0.320 e. The van der Waals surface area contributed by atoms with Crippen LogP contribution in [0.3, 0.4) is 0 Å². The van der Waals surface area contributed by atoms with Crippen LogP contribution in [-0.2, 0) is 0 Å². The van der Waals surface area contributed by atoms with Gasteiger partial charge in [0.2, 0.25) is 0 Å². The van der Waals surface area contributed by atoms with E-state index in [2.05, 4.69) is 39.9 Å². The molecule has 0 heterocycles. The molecule has 35 heavy (non-hydrogen) atoms. The molecule has 0 aliphatic rings. The van der Waals surface area contributed by atoms with Gasteiger partial charge < -0.3 is 5.32 Å². The van der Waals surface area contributed by atoms with E-state index in [0.29, 0.717) is 0 Å². The molecule has 0 aromatic rings. The second-order valence-electron chi connectivity index (χ2n) is 10.2. The first-order valence-corrected chi connectivity index (χ1v) is 16.9. The molecule has 0 amide bonds. The molecule has 1 nitrogen and oxygen atoms in total. The van der Waals surface area contributed by atoms with E-state index >= 15 is 0 Å². The Bertz CT molecular complexity index is 237. The van der Waals surface area contributed by atoms with Crippen molar-refractivity contribution in [3.8, 4) is 0 Å². The molecule has 1 heteroatoms. The van der Waals surface area contributed by atoms with Gasteiger partial charge in [-0.15, -0.1) is 0 Å². The highest BCUT2D eigenvalue weighted by Gasteiger charge is 1.91. The monoisotopic (exact) mass is 500 g/mol. The van der Waals surface area contributed by atoms with Gasteiger partial charge in [-0.1, -0.05) is 203 Å². The van der Waals surface area contributed by atoms with Crippen molar-refractivity contribution < 1.29 is 0 Å². The van der Waals surface area contributed by atoms with Crippen molar-refractivity contribution in [2.24, 2.45) is 0 Å². The fraction of sp³-hybridized carbons (Fsp3) is 1.00. The van der Waals surface area contributed by atoms with Crippen LogP contribution in [-0.4, -0.2) is 13.6 Å². The topological polar surface area (TPSA) is 12.0 Å². The van der Waals surface area contributed by atoms with Crippen molar-refractivity contribution in [2.75, 3.05) is 13.6 Å². The predicted octanol–water partition coefficient (Wildman–Crippen LogP) is 13.1. The second kappa shape index (κ2) is 50.8. The Morgan fingerprint density at radius 1 is 0.286 bits per heavy atom. The summed E-state index contributed by atoms with van der Waals surface area (Å²) in [6, 6.07) is 0. The molecule has 0 saturated carbocycles. The second-order valence-corrected chi connectivity index (χ2v) is 10.2. The Balaban J connectivity index is -0.000000199. The molecule has 0 unspecified atom stereocenters. The van der Waals surface area contributed by atoms with Gasteiger partial charge in [0, 0.05) is 0 Å². The molecular weight excluding hydrogens is 422 g/mol. The minimum atomic E-state index is 1.19. The number of hydrogen-bond donors (Lipinski definition) is 1. The summed E-state index contributed by atoms with van der Waals surface area (Å²) in [6.07, 6.45) is 35.8. The molecule has 0 spiro atoms. The Kier molecular flexibility index (Phi) is 61.0. The van der Waals surface area contributed by atoms with E-state index in [1.54, 1.807) is 0 Å². The number of hydrogen-bond acceptors (Lipinski definition) is 1. The van der Waals surface area contributed by atoms with Gasteiger partial charge in [0.25, 0.3) is 0 Å². The van der Waals surface area contributed by atoms with E-state index in [1.807, 2.05) is 20.9 Å². The van der Waals surface area contributed by atoms with Gasteiger partial charge in [0.15, 0.2) is 0 Å². The molecule has 0 saturated heterocycles. The first-order valence-electron chi connectivity index (χ1n) is 16.9. The van der Waals surface area contributed by atoms with Gasteiger partial charge >= 0.3 is 0 Å². The summed E-state index contributed by atoms with van der Waals surface area (Å²) in [7, 11) is 2.02. The summed E-state index contributed by atoms with van der Waals surface area (Å²) in [5.41, 5.74) is 0. The van der Waals surface area contributed by atoms with Crippen LogP contribution in [0.1, 0.15) is 209 Å². The lowest BCUT2D eigenvalue weighted by Crippen LogP contribution is -2.06. The van der Waals surface area contributed by atoms with E-state index in [0.717, 1.165) is 0 Å². The van der Waals surface area contributed by atoms with Gasteiger partial charge in [-0.2, -0.15) is 0 Å². The van der Waals surface area contributed by atoms with Gasteiger partial charge in [-0.25, -0.2) is 0 Å². The smallest absolute Gasteiger partial charge is 0.00519 e. The van der Waals surface area contributed by atoms with Gasteiger partial charge in [-0.05, 0) is 20.0 Å². The van der Waals surface area contributed by atoms with Crippen molar-refractivity contribution >= 4 is 0 Å². The minimum Gasteiger partial charge on any atom is -0.320 e. The third-order valence-corrected chi connectivity index (χ3v) is 6.44. The Labute approximate surface area is 227 Å². The van der Waals surface area contributed by atoms with Crippen molar-refractivity contribution in [1.29, 1.82) is 0 Å². The molecule has 1 N–H and O–H groups in total. The van der Waals surface area contributed by atoms with E-state index in [9.17, 15) is 0 Å². The lowest BCUT2D eigenvalue weighted by Gasteiger charge is -1.99. The van der Waals surface area contributed by atoms with E-state index in [-0.39, 0.29) is 0 Å². The fourth-order valence-corrected chi connectivity index (χ4v) is 4.03. The predicted molar refractivity (Wildman–Crippen MR) is 169 cm³/mol. The summed E-state index contributed by atoms with van der Waals surface area (Å²) < 4.78 is 0. The van der Waals surface area contributed by atoms with Crippen molar-refractivity contribution in [3.05, 3.63) is 0 Å². The van der Waals surface area contributed by atoms with Crippen LogP contribution in [0.4, 0.5) is 0 Å². The lowest BCUT2D eigenvalue weighted by atomic mass is 10.1. The molecule has 0 rings (SSSR count). The van der Waals surface area contributed by atoms with Crippen LogP contribution in [0.25, 0.3) is 0 Å². The van der Waals surface area contributed by atoms with E-state index in [1.165, 1.54) is 167 Å². The van der Waals surface area contributed by atoms with Gasteiger partial charge in [0.1, 0.15) is 0 Å². The van der Waals surface area contributed by atoms with Crippen LogP contribution in [0.5, 0.6) is 0 Å². The molecule has 0 aliphatic carbocycles. The Morgan fingerprint density at radius 2 is 0.457 bits per heavy atom. The summed E-state index contributed by atoms with van der Waals surface area (Å²) >= 11 is 0. The Hall–Kier alpha value is -0.0400. The van der Waals surface area contributed by atoms with Crippen LogP contribution >= 0.6 is 0 Å². The highest BCUT2D eigenvalue weighted by atomic mass is 14.8. The van der Waals surface area contributed by atoms with Crippen LogP contribution in [0.2, 0.25) is 0 Å². The van der Waals surface area contributed by atoms with Crippen molar-refractivity contribution in [3.63, 3.8) is 0 Å². The van der Waals surface area contributed by atoms with Crippen LogP contribution < -0.4 is 5.32 Å². The average molecular weight is 500 g/mol. The maximum Gasteiger partial charge on any atom is -0.00519 e. The summed E-state index contributed by atoms with van der Waals surface area (Å²) in [6.45, 7) is 16.6. The number of nitrogens with one attached hydrogen (secondary N) is 1. The Morgan fingerprint density at radius 3 is 0.629 bits per heavy atom. The van der Waals surface area contributed by atoms with E-state index in [4.69, 9.17) is 0 Å². The zero-order chi connectivity index (χ0) is 27.1. The van der Waals surface area contributed by atoms with E-state index < -0.39 is 0 Å².